The van der Waals surface area contributed by atoms with Crippen LogP contribution >= 0.6 is 11.6 Å². The van der Waals surface area contributed by atoms with Gasteiger partial charge in [0, 0.05) is 25.2 Å². The molecule has 0 fully saturated rings. The van der Waals surface area contributed by atoms with Crippen molar-refractivity contribution in [1.82, 2.24) is 38.7 Å². The van der Waals surface area contributed by atoms with Gasteiger partial charge in [-0.1, -0.05) is 11.6 Å². The zero-order chi connectivity index (χ0) is 27.3. The first-order valence-electron chi connectivity index (χ1n) is 11.1. The predicted octanol–water partition coefficient (Wildman–Crippen LogP) is 2.64. The summed E-state index contributed by atoms with van der Waals surface area (Å²) in [4.78, 5) is 34.4. The number of benzene rings is 2. The lowest BCUT2D eigenvalue weighted by Gasteiger charge is -2.16. The lowest BCUT2D eigenvalue weighted by Crippen LogP contribution is -2.43. The van der Waals surface area contributed by atoms with E-state index in [2.05, 4.69) is 25.5 Å². The van der Waals surface area contributed by atoms with Crippen molar-refractivity contribution < 1.29 is 13.2 Å². The number of fused-ring (bicyclic) bond motifs is 1. The van der Waals surface area contributed by atoms with Crippen molar-refractivity contribution in [3.63, 3.8) is 0 Å². The van der Waals surface area contributed by atoms with Gasteiger partial charge in [-0.25, -0.2) is 32.3 Å². The summed E-state index contributed by atoms with van der Waals surface area (Å²) in [5.41, 5.74) is -0.121. The van der Waals surface area contributed by atoms with E-state index < -0.39 is 35.4 Å². The molecule has 0 aliphatic rings. The van der Waals surface area contributed by atoms with Crippen molar-refractivity contribution in [1.29, 1.82) is 0 Å². The Kier molecular flexibility index (Phi) is 6.26. The summed E-state index contributed by atoms with van der Waals surface area (Å²) in [6.45, 7) is 1.09. The van der Waals surface area contributed by atoms with E-state index in [0.29, 0.717) is 11.2 Å². The van der Waals surface area contributed by atoms with Crippen LogP contribution in [0.2, 0.25) is 5.02 Å². The first-order chi connectivity index (χ1) is 18.0. The molecule has 0 unspecified atom stereocenters. The Bertz CT molecular complexity index is 1820. The highest BCUT2D eigenvalue weighted by atomic mass is 35.5. The van der Waals surface area contributed by atoms with E-state index in [1.54, 1.807) is 30.9 Å². The summed E-state index contributed by atoms with van der Waals surface area (Å²) >= 11 is 6.44. The highest BCUT2D eigenvalue weighted by Crippen LogP contribution is 2.31. The molecule has 11 nitrogen and oxygen atoms in total. The first-order valence-corrected chi connectivity index (χ1v) is 11.5. The van der Waals surface area contributed by atoms with Crippen LogP contribution in [0.3, 0.4) is 0 Å². The molecule has 0 spiro atoms. The minimum atomic E-state index is -1.64. The molecule has 2 aromatic carbocycles. The van der Waals surface area contributed by atoms with E-state index in [-0.39, 0.29) is 28.9 Å². The summed E-state index contributed by atoms with van der Waals surface area (Å²) in [5.74, 6) is -4.59. The highest BCUT2D eigenvalue weighted by Gasteiger charge is 2.19. The summed E-state index contributed by atoms with van der Waals surface area (Å²) < 4.78 is 46.2. The third-order valence-corrected chi connectivity index (χ3v) is 6.26. The maximum absolute atomic E-state index is 13.9. The fourth-order valence-corrected chi connectivity index (χ4v) is 4.15. The van der Waals surface area contributed by atoms with Crippen LogP contribution < -0.4 is 16.7 Å². The Morgan fingerprint density at radius 1 is 0.974 bits per heavy atom. The molecule has 1 N–H and O–H groups in total. The molecule has 0 bridgehead atoms. The normalized spacial score (nSPS) is 11.4. The van der Waals surface area contributed by atoms with Gasteiger partial charge in [-0.15, -0.1) is 0 Å². The Morgan fingerprint density at radius 3 is 2.34 bits per heavy atom. The quantitative estimate of drug-likeness (QED) is 0.326. The third kappa shape index (κ3) is 4.53. The second-order valence-electron chi connectivity index (χ2n) is 8.56. The van der Waals surface area contributed by atoms with E-state index in [1.807, 2.05) is 6.92 Å². The molecule has 5 aromatic rings. The molecule has 0 aliphatic carbocycles. The third-order valence-electron chi connectivity index (χ3n) is 5.95. The minimum Gasteiger partial charge on any atom is -0.324 e. The number of nitrogens with one attached hydrogen (secondary N) is 1. The van der Waals surface area contributed by atoms with Gasteiger partial charge in [0.15, 0.2) is 23.3 Å². The molecule has 0 radical (unpaired) electrons. The molecule has 3 heterocycles. The minimum absolute atomic E-state index is 0.0841. The number of anilines is 2. The van der Waals surface area contributed by atoms with Gasteiger partial charge in [0.05, 0.1) is 29.3 Å². The van der Waals surface area contributed by atoms with Crippen LogP contribution in [-0.4, -0.2) is 38.7 Å². The van der Waals surface area contributed by atoms with Crippen LogP contribution in [0.15, 0.2) is 40.2 Å². The topological polar surface area (TPSA) is 117 Å². The molecule has 196 valence electrons. The Labute approximate surface area is 216 Å². The van der Waals surface area contributed by atoms with E-state index in [0.717, 1.165) is 32.3 Å². The molecule has 0 saturated carbocycles. The highest BCUT2D eigenvalue weighted by molar-refractivity contribution is 6.34. The van der Waals surface area contributed by atoms with Gasteiger partial charge in [-0.2, -0.15) is 15.2 Å². The number of hydrogen-bond donors (Lipinski definition) is 1. The molecular weight excluding hydrogens is 527 g/mol. The van der Waals surface area contributed by atoms with Gasteiger partial charge < -0.3 is 5.32 Å². The SMILES string of the molecule is Cc1c2cc(Nc3nc(=O)n(Cc4ncn(C)n4)c(=O)n3Cc3cc(F)c(F)c(F)c3)c(Cl)cc2nn1C. The molecule has 38 heavy (non-hydrogen) atoms. The first kappa shape index (κ1) is 25.2. The van der Waals surface area contributed by atoms with Crippen molar-refractivity contribution in [3.05, 3.63) is 91.1 Å². The van der Waals surface area contributed by atoms with Gasteiger partial charge >= 0.3 is 11.4 Å². The van der Waals surface area contributed by atoms with Crippen molar-refractivity contribution in [3.8, 4) is 0 Å². The lowest BCUT2D eigenvalue weighted by molar-refractivity contribution is 0.444. The van der Waals surface area contributed by atoms with Gasteiger partial charge in [-0.05, 0) is 36.8 Å². The summed E-state index contributed by atoms with van der Waals surface area (Å²) in [5, 5.41) is 12.3. The number of nitrogens with zero attached hydrogens (tertiary/aromatic N) is 8. The molecule has 5 rings (SSSR count). The number of rotatable bonds is 6. The molecule has 15 heteroatoms. The van der Waals surface area contributed by atoms with E-state index in [9.17, 15) is 22.8 Å². The smallest absolute Gasteiger partial charge is 0.324 e. The van der Waals surface area contributed by atoms with Crippen LogP contribution in [0.1, 0.15) is 17.1 Å². The maximum Gasteiger partial charge on any atom is 0.355 e. The standard InChI is InChI=1S/C23H19ClF3N9O2/c1-11-13-6-18(14(24)7-17(13)31-34(11)3)29-21-30-22(37)36(9-19-28-10-33(2)32-19)23(38)35(21)8-12-4-15(25)20(27)16(26)5-12/h4-7,10H,8-9H2,1-3H3,(H,29,30,37). The van der Waals surface area contributed by atoms with E-state index in [1.165, 1.54) is 11.0 Å². The number of halogens is 4. The van der Waals surface area contributed by atoms with Crippen LogP contribution in [0.25, 0.3) is 10.9 Å². The van der Waals surface area contributed by atoms with Crippen molar-refractivity contribution in [2.75, 3.05) is 5.32 Å². The number of aryl methyl sites for hydroxylation is 3. The molecule has 0 amide bonds. The van der Waals surface area contributed by atoms with Crippen LogP contribution in [-0.2, 0) is 27.2 Å². The summed E-state index contributed by atoms with van der Waals surface area (Å²) in [6.07, 6.45) is 1.39. The second kappa shape index (κ2) is 9.45. The largest absolute Gasteiger partial charge is 0.355 e. The predicted molar refractivity (Wildman–Crippen MR) is 132 cm³/mol. The Balaban J connectivity index is 1.65. The van der Waals surface area contributed by atoms with Gasteiger partial charge in [0.25, 0.3) is 0 Å². The maximum atomic E-state index is 13.9. The number of hydrogen-bond acceptors (Lipinski definition) is 7. The summed E-state index contributed by atoms with van der Waals surface area (Å²) in [6, 6.07) is 4.79. The fraction of sp³-hybridized carbons (Fsp3) is 0.217. The van der Waals surface area contributed by atoms with E-state index in [4.69, 9.17) is 11.6 Å². The average Bonchev–Trinajstić information content (AvgIpc) is 3.39. The van der Waals surface area contributed by atoms with Gasteiger partial charge in [-0.3, -0.25) is 13.9 Å². The van der Waals surface area contributed by atoms with Gasteiger partial charge in [0.2, 0.25) is 5.95 Å². The van der Waals surface area contributed by atoms with Gasteiger partial charge in [0.1, 0.15) is 6.33 Å². The zero-order valence-electron chi connectivity index (χ0n) is 20.2. The second-order valence-corrected chi connectivity index (χ2v) is 8.97. The van der Waals surface area contributed by atoms with Crippen LogP contribution in [0.4, 0.5) is 24.8 Å². The zero-order valence-corrected chi connectivity index (χ0v) is 21.0. The van der Waals surface area contributed by atoms with Crippen molar-refractivity contribution in [2.24, 2.45) is 14.1 Å². The lowest BCUT2D eigenvalue weighted by atomic mass is 10.2. The molecule has 0 saturated heterocycles. The van der Waals surface area contributed by atoms with Crippen molar-refractivity contribution >= 4 is 34.1 Å². The fourth-order valence-electron chi connectivity index (χ4n) is 3.94. The van der Waals surface area contributed by atoms with Crippen LogP contribution in [0.5, 0.6) is 0 Å². The Hall–Kier alpha value is -4.46. The monoisotopic (exact) mass is 545 g/mol. The number of aromatic nitrogens is 8. The average molecular weight is 546 g/mol. The summed E-state index contributed by atoms with van der Waals surface area (Å²) in [7, 11) is 3.39. The molecule has 3 aromatic heterocycles. The Morgan fingerprint density at radius 2 is 1.68 bits per heavy atom. The van der Waals surface area contributed by atoms with Crippen LogP contribution in [0, 0.1) is 24.4 Å². The van der Waals surface area contributed by atoms with E-state index >= 15 is 0 Å². The molecular formula is C23H19ClF3N9O2. The molecule has 0 atom stereocenters. The molecule has 0 aliphatic heterocycles. The van der Waals surface area contributed by atoms with Crippen molar-refractivity contribution in [2.45, 2.75) is 20.0 Å².